The Bertz CT molecular complexity index is 1460. The molecule has 4 N–H and O–H groups in total. The van der Waals surface area contributed by atoms with Gasteiger partial charge in [-0.25, -0.2) is 13.4 Å². The predicted molar refractivity (Wildman–Crippen MR) is 152 cm³/mol. The number of aliphatic hydroxyl groups is 2. The van der Waals surface area contributed by atoms with Gasteiger partial charge in [0.15, 0.2) is 5.13 Å². The summed E-state index contributed by atoms with van der Waals surface area (Å²) in [5, 5.41) is 24.6. The Morgan fingerprint density at radius 1 is 1.13 bits per heavy atom. The van der Waals surface area contributed by atoms with E-state index >= 15 is 0 Å². The Hall–Kier alpha value is -2.79. The molecule has 5 rings (SSSR count). The van der Waals surface area contributed by atoms with E-state index in [1.165, 1.54) is 11.3 Å². The topological polar surface area (TPSA) is 129 Å². The summed E-state index contributed by atoms with van der Waals surface area (Å²) in [5.74, 6) is -0.601. The molecule has 2 aliphatic carbocycles. The minimum atomic E-state index is -3.85. The van der Waals surface area contributed by atoms with Gasteiger partial charge in [0.1, 0.15) is 0 Å². The van der Waals surface area contributed by atoms with Gasteiger partial charge in [-0.2, -0.15) is 0 Å². The van der Waals surface area contributed by atoms with E-state index in [2.05, 4.69) is 17.0 Å². The number of nitrogens with one attached hydrogen (secondary N) is 2. The van der Waals surface area contributed by atoms with E-state index in [-0.39, 0.29) is 40.8 Å². The molecule has 0 saturated heterocycles. The lowest BCUT2D eigenvalue weighted by atomic mass is 9.47. The number of para-hydroxylation sites is 1. The second-order valence-electron chi connectivity index (χ2n) is 11.4. The number of amides is 1. The molecule has 39 heavy (non-hydrogen) atoms. The number of anilines is 2. The van der Waals surface area contributed by atoms with Gasteiger partial charge in [-0.1, -0.05) is 49.7 Å². The molecular weight excluding hydrogens is 534 g/mol. The van der Waals surface area contributed by atoms with E-state index in [0.29, 0.717) is 24.9 Å². The van der Waals surface area contributed by atoms with Gasteiger partial charge in [0.05, 0.1) is 23.3 Å². The standard InChI is InChI=1S/C29H35N3O5S2/c1-18-9-11-20(12-10-18)39(36,37)32-27-31-26-21(15-25(35)30-19-7-5-4-6-8-19)28(2)14-13-24(34)29(3,17-33)23(28)16-22(26)38-27/h4-12,21,23-24,33-34H,13-17H2,1-3H3,(H,30,35)(H,31,32). The van der Waals surface area contributed by atoms with Crippen LogP contribution < -0.4 is 10.0 Å². The molecule has 2 aliphatic rings. The maximum absolute atomic E-state index is 13.3. The molecule has 1 heterocycles. The zero-order chi connectivity index (χ0) is 28.0. The molecule has 1 aromatic heterocycles. The second kappa shape index (κ2) is 10.3. The number of carbonyl (C=O) groups excluding carboxylic acids is 1. The highest BCUT2D eigenvalue weighted by molar-refractivity contribution is 7.93. The van der Waals surface area contributed by atoms with Crippen LogP contribution in [0, 0.1) is 23.7 Å². The van der Waals surface area contributed by atoms with Crippen molar-refractivity contribution in [3.63, 3.8) is 0 Å². The minimum Gasteiger partial charge on any atom is -0.396 e. The van der Waals surface area contributed by atoms with Gasteiger partial charge in [0, 0.05) is 28.3 Å². The molecule has 0 bridgehead atoms. The number of benzene rings is 2. The Morgan fingerprint density at radius 3 is 2.49 bits per heavy atom. The monoisotopic (exact) mass is 569 g/mol. The largest absolute Gasteiger partial charge is 0.396 e. The fourth-order valence-electron chi connectivity index (χ4n) is 6.50. The van der Waals surface area contributed by atoms with Crippen molar-refractivity contribution in [1.29, 1.82) is 0 Å². The Kier molecular flexibility index (Phi) is 7.34. The van der Waals surface area contributed by atoms with Crippen molar-refractivity contribution in [2.75, 3.05) is 16.6 Å². The summed E-state index contributed by atoms with van der Waals surface area (Å²) in [6, 6.07) is 15.9. The first-order valence-electron chi connectivity index (χ1n) is 13.2. The Labute approximate surface area is 233 Å². The number of aromatic nitrogens is 1. The first kappa shape index (κ1) is 27.8. The third kappa shape index (κ3) is 5.11. The number of aliphatic hydroxyl groups excluding tert-OH is 2. The lowest BCUT2D eigenvalue weighted by Gasteiger charge is -2.58. The average molecular weight is 570 g/mol. The number of nitrogens with zero attached hydrogens (tertiary/aromatic N) is 1. The maximum atomic E-state index is 13.3. The van der Waals surface area contributed by atoms with Crippen LogP contribution in [0.25, 0.3) is 0 Å². The number of hydrogen-bond donors (Lipinski definition) is 4. The van der Waals surface area contributed by atoms with Crippen LogP contribution in [-0.2, 0) is 21.2 Å². The summed E-state index contributed by atoms with van der Waals surface area (Å²) < 4.78 is 28.9. The van der Waals surface area contributed by atoms with E-state index in [1.807, 2.05) is 44.2 Å². The first-order chi connectivity index (χ1) is 18.5. The van der Waals surface area contributed by atoms with Gasteiger partial charge in [0.25, 0.3) is 10.0 Å². The highest BCUT2D eigenvalue weighted by atomic mass is 32.2. The van der Waals surface area contributed by atoms with E-state index < -0.39 is 27.0 Å². The third-order valence-corrected chi connectivity index (χ3v) is 11.4. The highest BCUT2D eigenvalue weighted by Gasteiger charge is 2.59. The number of aryl methyl sites for hydroxylation is 1. The van der Waals surface area contributed by atoms with Crippen molar-refractivity contribution >= 4 is 38.1 Å². The van der Waals surface area contributed by atoms with Gasteiger partial charge in [-0.15, -0.1) is 11.3 Å². The molecule has 5 atom stereocenters. The Morgan fingerprint density at radius 2 is 1.82 bits per heavy atom. The lowest BCUT2D eigenvalue weighted by molar-refractivity contribution is -0.143. The first-order valence-corrected chi connectivity index (χ1v) is 15.5. The molecule has 1 amide bonds. The summed E-state index contributed by atoms with van der Waals surface area (Å²) in [7, 11) is -3.85. The van der Waals surface area contributed by atoms with Crippen LogP contribution in [0.3, 0.4) is 0 Å². The number of carbonyl (C=O) groups is 1. The van der Waals surface area contributed by atoms with Crippen LogP contribution >= 0.6 is 11.3 Å². The Balaban J connectivity index is 1.52. The number of sulfonamides is 1. The van der Waals surface area contributed by atoms with Gasteiger partial charge in [-0.05, 0) is 61.8 Å². The summed E-state index contributed by atoms with van der Waals surface area (Å²) in [6.07, 6.45) is 1.20. The van der Waals surface area contributed by atoms with Gasteiger partial charge in [0.2, 0.25) is 5.91 Å². The lowest BCUT2D eigenvalue weighted by Crippen LogP contribution is -2.57. The number of hydrogen-bond acceptors (Lipinski definition) is 7. The van der Waals surface area contributed by atoms with Crippen molar-refractivity contribution in [3.8, 4) is 0 Å². The molecule has 208 valence electrons. The molecule has 8 nitrogen and oxygen atoms in total. The van der Waals surface area contributed by atoms with Crippen LogP contribution in [0.5, 0.6) is 0 Å². The summed E-state index contributed by atoms with van der Waals surface area (Å²) in [5.41, 5.74) is 1.19. The van der Waals surface area contributed by atoms with Gasteiger partial charge in [-0.3, -0.25) is 9.52 Å². The van der Waals surface area contributed by atoms with Crippen molar-refractivity contribution in [1.82, 2.24) is 4.98 Å². The summed E-state index contributed by atoms with van der Waals surface area (Å²) in [6.45, 7) is 5.74. The normalized spacial score (nSPS) is 28.3. The van der Waals surface area contributed by atoms with Crippen LogP contribution in [0.1, 0.15) is 55.2 Å². The molecule has 1 saturated carbocycles. The number of thiazole rings is 1. The molecule has 0 spiro atoms. The minimum absolute atomic E-state index is 0.122. The van der Waals surface area contributed by atoms with Crippen LogP contribution in [0.4, 0.5) is 10.8 Å². The van der Waals surface area contributed by atoms with E-state index in [9.17, 15) is 23.4 Å². The van der Waals surface area contributed by atoms with E-state index in [1.54, 1.807) is 24.3 Å². The molecule has 1 fully saturated rings. The maximum Gasteiger partial charge on any atom is 0.263 e. The van der Waals surface area contributed by atoms with Crippen molar-refractivity contribution in [2.24, 2.45) is 16.7 Å². The van der Waals surface area contributed by atoms with Crippen LogP contribution in [0.15, 0.2) is 59.5 Å². The molecule has 10 heteroatoms. The molecule has 3 aromatic rings. The molecule has 0 radical (unpaired) electrons. The highest BCUT2D eigenvalue weighted by Crippen LogP contribution is 2.62. The summed E-state index contributed by atoms with van der Waals surface area (Å²) in [4.78, 5) is 19.1. The summed E-state index contributed by atoms with van der Waals surface area (Å²) >= 11 is 1.27. The second-order valence-corrected chi connectivity index (χ2v) is 14.2. The molecular formula is C29H35N3O5S2. The smallest absolute Gasteiger partial charge is 0.263 e. The van der Waals surface area contributed by atoms with Crippen molar-refractivity contribution in [3.05, 3.63) is 70.7 Å². The van der Waals surface area contributed by atoms with E-state index in [0.717, 1.165) is 16.1 Å². The van der Waals surface area contributed by atoms with Gasteiger partial charge < -0.3 is 15.5 Å². The number of fused-ring (bicyclic) bond motifs is 2. The quantitative estimate of drug-likeness (QED) is 0.327. The SMILES string of the molecule is Cc1ccc(S(=O)(=O)Nc2nc3c(s2)CC2C(C)(CO)C(O)CCC2(C)C3CC(=O)Nc2ccccc2)cc1. The molecule has 0 aliphatic heterocycles. The van der Waals surface area contributed by atoms with Gasteiger partial charge >= 0.3 is 0 Å². The number of rotatable bonds is 7. The van der Waals surface area contributed by atoms with Crippen molar-refractivity contribution < 1.29 is 23.4 Å². The third-order valence-electron chi connectivity index (χ3n) is 8.89. The zero-order valence-electron chi connectivity index (χ0n) is 22.3. The fraction of sp³-hybridized carbons (Fsp3) is 0.448. The average Bonchev–Trinajstić information content (AvgIpc) is 3.30. The zero-order valence-corrected chi connectivity index (χ0v) is 24.0. The predicted octanol–water partition coefficient (Wildman–Crippen LogP) is 4.70. The van der Waals surface area contributed by atoms with Crippen LogP contribution in [-0.4, -0.2) is 42.2 Å². The fourth-order valence-corrected chi connectivity index (χ4v) is 8.80. The van der Waals surface area contributed by atoms with Crippen LogP contribution in [0.2, 0.25) is 0 Å². The molecule has 5 unspecified atom stereocenters. The van der Waals surface area contributed by atoms with Crippen molar-refractivity contribution in [2.45, 2.75) is 63.4 Å². The molecule has 2 aromatic carbocycles. The van der Waals surface area contributed by atoms with E-state index in [4.69, 9.17) is 4.98 Å².